The Balaban J connectivity index is 1.73. The van der Waals surface area contributed by atoms with Crippen molar-refractivity contribution >= 4 is 26.8 Å². The Hall–Kier alpha value is -3.61. The molecule has 0 unspecified atom stereocenters. The highest BCUT2D eigenvalue weighted by Crippen LogP contribution is 3.02. The van der Waals surface area contributed by atoms with E-state index in [-0.39, 0.29) is 34.1 Å². The van der Waals surface area contributed by atoms with Crippen LogP contribution in [0.5, 0.6) is 0 Å². The molecule has 0 aliphatic rings. The molecule has 0 atom stereocenters. The first-order valence-electron chi connectivity index (χ1n) is 9.23. The average Bonchev–Trinajstić information content (AvgIpc) is 3.31. The maximum Gasteiger partial charge on any atom is 0.313 e. The molecule has 0 amide bonds. The van der Waals surface area contributed by atoms with E-state index in [1.165, 1.54) is 29.1 Å². The Labute approximate surface area is 180 Å². The highest BCUT2D eigenvalue weighted by atomic mass is 32.5. The van der Waals surface area contributed by atoms with E-state index in [0.29, 0.717) is 17.3 Å². The van der Waals surface area contributed by atoms with Crippen LogP contribution in [-0.4, -0.2) is 24.6 Å². The van der Waals surface area contributed by atoms with Gasteiger partial charge in [0, 0.05) is 17.3 Å². The minimum absolute atomic E-state index is 0.0205. The van der Waals surface area contributed by atoms with Gasteiger partial charge in [0.2, 0.25) is 0 Å². The third-order valence-electron chi connectivity index (χ3n) is 5.14. The van der Waals surface area contributed by atoms with E-state index in [1.54, 1.807) is 13.0 Å². The van der Waals surface area contributed by atoms with E-state index in [4.69, 9.17) is 0 Å². The molecule has 1 N–H and O–H groups in total. The van der Waals surface area contributed by atoms with Crippen molar-refractivity contribution < 1.29 is 28.2 Å². The molecule has 0 spiro atoms. The van der Waals surface area contributed by atoms with Crippen molar-refractivity contribution in [3.8, 4) is 22.5 Å². The molecular formula is C20H12F7N5S. The van der Waals surface area contributed by atoms with Crippen molar-refractivity contribution in [1.82, 2.24) is 24.6 Å². The number of nitrogens with one attached hydrogen (secondary N) is 1. The van der Waals surface area contributed by atoms with Crippen LogP contribution >= 0.6 is 10.2 Å². The largest absolute Gasteiger partial charge is 0.313 e. The zero-order chi connectivity index (χ0) is 23.8. The first kappa shape index (κ1) is 21.2. The molecule has 0 aliphatic heterocycles. The SMILES string of the molecule is Cc1nc2cnc(-c3ccc(F)c(S(F)(F)(F)(F)F)c3)cn2c1-c1ccc2[nH]ncc2c1F. The van der Waals surface area contributed by atoms with Gasteiger partial charge in [-0.25, -0.2) is 13.8 Å². The normalized spacial score (nSPS) is 14.5. The molecule has 172 valence electrons. The van der Waals surface area contributed by atoms with E-state index in [9.17, 15) is 23.8 Å². The summed E-state index contributed by atoms with van der Waals surface area (Å²) in [5, 5.41) is 6.65. The van der Waals surface area contributed by atoms with Gasteiger partial charge >= 0.3 is 10.2 Å². The number of nitrogens with zero attached hydrogens (tertiary/aromatic N) is 4. The zero-order valence-electron chi connectivity index (χ0n) is 16.5. The molecule has 0 saturated heterocycles. The van der Waals surface area contributed by atoms with Gasteiger partial charge in [-0.3, -0.25) is 14.5 Å². The Morgan fingerprint density at radius 2 is 1.73 bits per heavy atom. The summed E-state index contributed by atoms with van der Waals surface area (Å²) >= 11 is 0. The molecule has 13 heteroatoms. The lowest BCUT2D eigenvalue weighted by Gasteiger charge is -2.40. The number of H-pyrrole nitrogens is 1. The zero-order valence-corrected chi connectivity index (χ0v) is 17.3. The van der Waals surface area contributed by atoms with Crippen LogP contribution in [0.25, 0.3) is 39.1 Å². The van der Waals surface area contributed by atoms with E-state index >= 15 is 4.39 Å². The fourth-order valence-corrected chi connectivity index (χ4v) is 4.46. The number of imidazole rings is 1. The molecule has 33 heavy (non-hydrogen) atoms. The summed E-state index contributed by atoms with van der Waals surface area (Å²) in [5.41, 5.74) is 0.941. The monoisotopic (exact) mass is 487 g/mol. The molecule has 3 heterocycles. The second-order valence-electron chi connectivity index (χ2n) is 7.42. The number of fused-ring (bicyclic) bond motifs is 2. The lowest BCUT2D eigenvalue weighted by Crippen LogP contribution is -2.09. The summed E-state index contributed by atoms with van der Waals surface area (Å²) in [6.07, 6.45) is 3.73. The first-order valence-corrected chi connectivity index (χ1v) is 11.2. The Bertz CT molecular complexity index is 1590. The topological polar surface area (TPSA) is 58.9 Å². The first-order chi connectivity index (χ1) is 15.2. The van der Waals surface area contributed by atoms with Crippen LogP contribution in [0.4, 0.5) is 28.2 Å². The van der Waals surface area contributed by atoms with Gasteiger partial charge in [0.25, 0.3) is 0 Å². The quantitative estimate of drug-likeness (QED) is 0.274. The highest BCUT2D eigenvalue weighted by molar-refractivity contribution is 8.45. The van der Waals surface area contributed by atoms with Crippen LogP contribution in [0.1, 0.15) is 5.69 Å². The van der Waals surface area contributed by atoms with Crippen LogP contribution in [0.2, 0.25) is 0 Å². The maximum absolute atomic E-state index is 15.1. The molecule has 5 rings (SSSR count). The third kappa shape index (κ3) is 3.48. The third-order valence-corrected chi connectivity index (χ3v) is 6.28. The van der Waals surface area contributed by atoms with E-state index in [2.05, 4.69) is 20.2 Å². The molecular weight excluding hydrogens is 475 g/mol. The second-order valence-corrected chi connectivity index (χ2v) is 9.80. The molecule has 0 saturated carbocycles. The summed E-state index contributed by atoms with van der Waals surface area (Å²) in [4.78, 5) is 5.62. The van der Waals surface area contributed by atoms with Gasteiger partial charge in [-0.2, -0.15) is 5.10 Å². The van der Waals surface area contributed by atoms with E-state index < -0.39 is 32.3 Å². The lowest BCUT2D eigenvalue weighted by atomic mass is 10.1. The summed E-state index contributed by atoms with van der Waals surface area (Å²) in [6, 6.07) is 4.31. The molecule has 0 fully saturated rings. The average molecular weight is 487 g/mol. The molecule has 0 radical (unpaired) electrons. The number of aryl methyl sites for hydroxylation is 1. The van der Waals surface area contributed by atoms with Crippen LogP contribution in [0.15, 0.2) is 53.8 Å². The smallest absolute Gasteiger partial charge is 0.296 e. The van der Waals surface area contributed by atoms with Gasteiger partial charge in [0.05, 0.1) is 40.4 Å². The van der Waals surface area contributed by atoms with E-state index in [1.807, 2.05) is 0 Å². The number of aromatic nitrogens is 5. The summed E-state index contributed by atoms with van der Waals surface area (Å²) in [7, 11) is -10.3. The van der Waals surface area contributed by atoms with Crippen LogP contribution in [-0.2, 0) is 0 Å². The van der Waals surface area contributed by atoms with Gasteiger partial charge in [-0.05, 0) is 37.3 Å². The minimum atomic E-state index is -10.3. The number of halogens is 7. The molecule has 2 aromatic carbocycles. The van der Waals surface area contributed by atoms with Crippen molar-refractivity contribution in [2.24, 2.45) is 0 Å². The minimum Gasteiger partial charge on any atom is -0.296 e. The molecule has 3 aromatic heterocycles. The fourth-order valence-electron chi connectivity index (χ4n) is 3.67. The van der Waals surface area contributed by atoms with Gasteiger partial charge in [-0.1, -0.05) is 19.4 Å². The van der Waals surface area contributed by atoms with Gasteiger partial charge in [-0.15, -0.1) is 0 Å². The number of benzene rings is 2. The summed E-state index contributed by atoms with van der Waals surface area (Å²) in [6.45, 7) is 1.60. The summed E-state index contributed by atoms with van der Waals surface area (Å²) < 4.78 is 96.6. The molecule has 0 aliphatic carbocycles. The number of rotatable bonds is 3. The molecule has 5 nitrogen and oxygen atoms in total. The van der Waals surface area contributed by atoms with E-state index in [0.717, 1.165) is 6.07 Å². The van der Waals surface area contributed by atoms with Crippen LogP contribution in [0.3, 0.4) is 0 Å². The van der Waals surface area contributed by atoms with Gasteiger partial charge < -0.3 is 0 Å². The Morgan fingerprint density at radius 3 is 2.45 bits per heavy atom. The number of hydrogen-bond acceptors (Lipinski definition) is 3. The van der Waals surface area contributed by atoms with Crippen LogP contribution in [0, 0.1) is 18.6 Å². The summed E-state index contributed by atoms with van der Waals surface area (Å²) in [5.74, 6) is -2.69. The van der Waals surface area contributed by atoms with Crippen molar-refractivity contribution in [1.29, 1.82) is 0 Å². The van der Waals surface area contributed by atoms with Gasteiger partial charge in [0.1, 0.15) is 16.5 Å². The molecule has 0 bridgehead atoms. The number of hydrogen-bond donors (Lipinski definition) is 1. The van der Waals surface area contributed by atoms with Crippen molar-refractivity contribution in [3.05, 3.63) is 66.3 Å². The standard InChI is InChI=1S/C20H12F7N5S/c1-10-20(12-3-5-15-13(19(12)22)7-29-31-15)32-9-16(28-8-18(32)30-10)11-2-4-14(21)17(6-11)33(23,24,25,26)27/h2-9H,1H3,(H,29,31). The van der Waals surface area contributed by atoms with Crippen molar-refractivity contribution in [3.63, 3.8) is 0 Å². The number of aromatic amines is 1. The second kappa shape index (κ2) is 6.04. The maximum atomic E-state index is 15.1. The predicted octanol–water partition coefficient (Wildman–Crippen LogP) is 7.18. The Kier molecular flexibility index (Phi) is 3.89. The highest BCUT2D eigenvalue weighted by Gasteiger charge is 2.67. The van der Waals surface area contributed by atoms with Gasteiger partial charge in [0.15, 0.2) is 5.65 Å². The van der Waals surface area contributed by atoms with Crippen molar-refractivity contribution in [2.45, 2.75) is 11.8 Å². The Morgan fingerprint density at radius 1 is 0.970 bits per heavy atom. The lowest BCUT2D eigenvalue weighted by molar-refractivity contribution is 0.355. The van der Waals surface area contributed by atoms with Crippen molar-refractivity contribution in [2.75, 3.05) is 0 Å². The molecule has 5 aromatic rings. The fraction of sp³-hybridized carbons (Fsp3) is 0.0500. The predicted molar refractivity (Wildman–Crippen MR) is 110 cm³/mol. The van der Waals surface area contributed by atoms with Crippen LogP contribution < -0.4 is 0 Å².